The number of hydrogen-bond donors (Lipinski definition) is 3. The lowest BCUT2D eigenvalue weighted by molar-refractivity contribution is 0.382. The second-order valence-electron chi connectivity index (χ2n) is 16.0. The summed E-state index contributed by atoms with van der Waals surface area (Å²) in [4.78, 5) is 2.29. The molecule has 4 nitrogen and oxygen atoms in total. The van der Waals surface area contributed by atoms with Gasteiger partial charge in [0.25, 0.3) is 0 Å². The van der Waals surface area contributed by atoms with Gasteiger partial charge in [-0.15, -0.1) is 0 Å². The SMILES string of the molecule is CCC(N)N(C(=CCC(C)(C)C)c1ccc(O)c(C(C)(C)C)c1)C(=CCC(C)(C)C)c1ccc(O)c(C(C)(C)C)c1. The Kier molecular flexibility index (Phi) is 10.6. The molecule has 1 unspecified atom stereocenters. The van der Waals surface area contributed by atoms with Crippen LogP contribution < -0.4 is 5.73 Å². The number of nitrogens with two attached hydrogens (primary N) is 1. The minimum absolute atomic E-state index is 0.0736. The summed E-state index contributed by atoms with van der Waals surface area (Å²) < 4.78 is 0. The Morgan fingerprint density at radius 3 is 1.29 bits per heavy atom. The van der Waals surface area contributed by atoms with Crippen molar-refractivity contribution in [2.45, 2.75) is 126 Å². The zero-order chi connectivity index (χ0) is 31.6. The normalized spacial score (nSPS) is 14.8. The fraction of sp³-hybridized carbons (Fsp3) is 0.568. The van der Waals surface area contributed by atoms with Crippen molar-refractivity contribution in [1.82, 2.24) is 4.90 Å². The van der Waals surface area contributed by atoms with E-state index in [2.05, 4.69) is 119 Å². The van der Waals surface area contributed by atoms with Crippen LogP contribution in [0.15, 0.2) is 48.6 Å². The van der Waals surface area contributed by atoms with Crippen LogP contribution in [0.3, 0.4) is 0 Å². The van der Waals surface area contributed by atoms with E-state index in [1.807, 2.05) is 24.3 Å². The quantitative estimate of drug-likeness (QED) is 0.280. The number of phenols is 2. The molecule has 2 aromatic rings. The molecule has 0 aliphatic rings. The Bertz CT molecular complexity index is 1150. The van der Waals surface area contributed by atoms with Gasteiger partial charge in [-0.3, -0.25) is 0 Å². The molecule has 0 amide bonds. The summed E-state index contributed by atoms with van der Waals surface area (Å²) in [5, 5.41) is 21.6. The first-order chi connectivity index (χ1) is 18.5. The predicted octanol–water partition coefficient (Wildman–Crippen LogP) is 9.94. The molecular formula is C37H58N2O2. The van der Waals surface area contributed by atoms with Crippen molar-refractivity contribution >= 4 is 11.4 Å². The van der Waals surface area contributed by atoms with Gasteiger partial charge in [-0.1, -0.05) is 102 Å². The van der Waals surface area contributed by atoms with Crippen molar-refractivity contribution in [2.75, 3.05) is 0 Å². The monoisotopic (exact) mass is 562 g/mol. The van der Waals surface area contributed by atoms with Crippen LogP contribution in [0, 0.1) is 10.8 Å². The molecule has 0 radical (unpaired) electrons. The molecule has 0 fully saturated rings. The fourth-order valence-corrected chi connectivity index (χ4v) is 4.78. The molecule has 0 saturated carbocycles. The maximum absolute atomic E-state index is 10.8. The van der Waals surface area contributed by atoms with Gasteiger partial charge in [0.15, 0.2) is 0 Å². The average Bonchev–Trinajstić information content (AvgIpc) is 2.81. The van der Waals surface area contributed by atoms with Crippen LogP contribution in [0.5, 0.6) is 11.5 Å². The standard InChI is InChI=1S/C37H58N2O2/c1-14-33(38)39(29(19-21-34(2,3)4)25-15-17-31(40)27(23-25)36(8,9)10)30(20-22-35(5,6)7)26-16-18-32(41)28(24-26)37(11,12)13/h15-20,23-24,33,40-41H,14,21-22,38H2,1-13H3. The molecule has 0 aliphatic heterocycles. The molecule has 4 heteroatoms. The van der Waals surface area contributed by atoms with Crippen LogP contribution in [0.25, 0.3) is 11.4 Å². The van der Waals surface area contributed by atoms with Gasteiger partial charge in [-0.2, -0.15) is 0 Å². The summed E-state index contributed by atoms with van der Waals surface area (Å²) in [6, 6.07) is 11.9. The van der Waals surface area contributed by atoms with Crippen LogP contribution >= 0.6 is 0 Å². The highest BCUT2D eigenvalue weighted by atomic mass is 16.3. The van der Waals surface area contributed by atoms with Crippen molar-refractivity contribution in [2.24, 2.45) is 16.6 Å². The zero-order valence-corrected chi connectivity index (χ0v) is 28.2. The second-order valence-corrected chi connectivity index (χ2v) is 16.0. The first-order valence-corrected chi connectivity index (χ1v) is 15.2. The molecule has 41 heavy (non-hydrogen) atoms. The molecule has 0 spiro atoms. The van der Waals surface area contributed by atoms with Crippen LogP contribution in [-0.4, -0.2) is 21.3 Å². The van der Waals surface area contributed by atoms with E-state index in [9.17, 15) is 10.2 Å². The molecule has 1 atom stereocenters. The van der Waals surface area contributed by atoms with Crippen molar-refractivity contribution in [3.63, 3.8) is 0 Å². The second kappa shape index (κ2) is 12.7. The summed E-state index contributed by atoms with van der Waals surface area (Å²) in [6.07, 6.45) is 6.79. The van der Waals surface area contributed by atoms with E-state index in [-0.39, 0.29) is 27.8 Å². The van der Waals surface area contributed by atoms with Crippen LogP contribution in [0.1, 0.15) is 132 Å². The molecule has 2 rings (SSSR count). The highest BCUT2D eigenvalue weighted by Crippen LogP contribution is 2.40. The molecule has 0 saturated heterocycles. The highest BCUT2D eigenvalue weighted by Gasteiger charge is 2.28. The Balaban J connectivity index is 2.99. The maximum Gasteiger partial charge on any atom is 0.119 e. The van der Waals surface area contributed by atoms with Gasteiger partial charge < -0.3 is 20.8 Å². The van der Waals surface area contributed by atoms with Crippen molar-refractivity contribution in [1.29, 1.82) is 0 Å². The van der Waals surface area contributed by atoms with E-state index in [1.54, 1.807) is 0 Å². The van der Waals surface area contributed by atoms with E-state index < -0.39 is 0 Å². The third kappa shape index (κ3) is 9.67. The molecule has 228 valence electrons. The third-order valence-corrected chi connectivity index (χ3v) is 7.29. The minimum Gasteiger partial charge on any atom is -0.508 e. The number of aromatic hydroxyl groups is 2. The number of rotatable bonds is 8. The summed E-state index contributed by atoms with van der Waals surface area (Å²) in [7, 11) is 0. The predicted molar refractivity (Wildman–Crippen MR) is 178 cm³/mol. The Morgan fingerprint density at radius 2 is 1.02 bits per heavy atom. The molecule has 0 aromatic heterocycles. The Labute approximate surface area is 251 Å². The van der Waals surface area contributed by atoms with E-state index in [1.165, 1.54) is 0 Å². The van der Waals surface area contributed by atoms with Gasteiger partial charge in [0.1, 0.15) is 11.5 Å². The molecule has 0 aliphatic carbocycles. The van der Waals surface area contributed by atoms with Gasteiger partial charge in [-0.25, -0.2) is 0 Å². The topological polar surface area (TPSA) is 69.7 Å². The van der Waals surface area contributed by atoms with Crippen LogP contribution in [0.4, 0.5) is 0 Å². The molecular weight excluding hydrogens is 504 g/mol. The molecule has 0 bridgehead atoms. The molecule has 2 aromatic carbocycles. The number of phenolic OH excluding ortho intramolecular Hbond substituents is 2. The van der Waals surface area contributed by atoms with Gasteiger partial charge in [0.2, 0.25) is 0 Å². The molecule has 4 N–H and O–H groups in total. The first-order valence-electron chi connectivity index (χ1n) is 15.2. The Hall–Kier alpha value is -2.72. The Morgan fingerprint density at radius 1 is 0.683 bits per heavy atom. The zero-order valence-electron chi connectivity index (χ0n) is 28.2. The highest BCUT2D eigenvalue weighted by molar-refractivity contribution is 5.79. The summed E-state index contributed by atoms with van der Waals surface area (Å²) in [5.41, 5.74) is 12.6. The minimum atomic E-state index is -0.286. The fourth-order valence-electron chi connectivity index (χ4n) is 4.78. The lowest BCUT2D eigenvalue weighted by atomic mass is 9.83. The van der Waals surface area contributed by atoms with Crippen LogP contribution in [0.2, 0.25) is 0 Å². The van der Waals surface area contributed by atoms with E-state index in [4.69, 9.17) is 5.73 Å². The number of hydrogen-bond acceptors (Lipinski definition) is 4. The van der Waals surface area contributed by atoms with Crippen molar-refractivity contribution in [3.05, 3.63) is 70.8 Å². The van der Waals surface area contributed by atoms with Gasteiger partial charge in [0.05, 0.1) is 6.17 Å². The lowest BCUT2D eigenvalue weighted by Crippen LogP contribution is -2.39. The number of nitrogens with zero attached hydrogens (tertiary/aromatic N) is 1. The van der Waals surface area contributed by atoms with E-state index in [0.29, 0.717) is 11.5 Å². The van der Waals surface area contributed by atoms with Gasteiger partial charge in [0, 0.05) is 11.4 Å². The van der Waals surface area contributed by atoms with Crippen molar-refractivity contribution in [3.8, 4) is 11.5 Å². The lowest BCUT2D eigenvalue weighted by Gasteiger charge is -2.37. The van der Waals surface area contributed by atoms with Gasteiger partial charge >= 0.3 is 0 Å². The first kappa shape index (κ1) is 34.5. The summed E-state index contributed by atoms with van der Waals surface area (Å²) >= 11 is 0. The van der Waals surface area contributed by atoms with E-state index in [0.717, 1.165) is 52.9 Å². The number of allylic oxidation sites excluding steroid dienone is 2. The molecule has 0 heterocycles. The van der Waals surface area contributed by atoms with E-state index >= 15 is 0 Å². The third-order valence-electron chi connectivity index (χ3n) is 7.29. The summed E-state index contributed by atoms with van der Waals surface area (Å²) in [6.45, 7) is 28.3. The largest absolute Gasteiger partial charge is 0.508 e. The average molecular weight is 563 g/mol. The maximum atomic E-state index is 10.8. The smallest absolute Gasteiger partial charge is 0.119 e. The van der Waals surface area contributed by atoms with Crippen LogP contribution in [-0.2, 0) is 10.8 Å². The number of benzene rings is 2. The van der Waals surface area contributed by atoms with Crippen molar-refractivity contribution < 1.29 is 10.2 Å². The summed E-state index contributed by atoms with van der Waals surface area (Å²) in [5.74, 6) is 0.610. The van der Waals surface area contributed by atoms with Gasteiger partial charge in [-0.05, 0) is 99.6 Å².